The van der Waals surface area contributed by atoms with Gasteiger partial charge in [0.05, 0.1) is 0 Å². The van der Waals surface area contributed by atoms with Crippen molar-refractivity contribution in [3.05, 3.63) is 23.3 Å². The van der Waals surface area contributed by atoms with Crippen LogP contribution in [0.3, 0.4) is 0 Å². The number of nitrogens with zero attached hydrogens (tertiary/aromatic N) is 4. The molecule has 7 nitrogen and oxygen atoms in total. The lowest BCUT2D eigenvalue weighted by Gasteiger charge is -2.31. The third-order valence-corrected chi connectivity index (χ3v) is 6.33. The molecular weight excluding hydrogens is 386 g/mol. The summed E-state index contributed by atoms with van der Waals surface area (Å²) >= 11 is 1.73. The normalized spacial score (nSPS) is 18.2. The van der Waals surface area contributed by atoms with Gasteiger partial charge in [0.2, 0.25) is 6.41 Å². The number of aldehydes is 1. The fourth-order valence-electron chi connectivity index (χ4n) is 3.79. The zero-order valence-corrected chi connectivity index (χ0v) is 18.1. The van der Waals surface area contributed by atoms with Crippen molar-refractivity contribution in [1.29, 1.82) is 0 Å². The fourth-order valence-corrected chi connectivity index (χ4v) is 4.74. The van der Waals surface area contributed by atoms with Gasteiger partial charge in [-0.1, -0.05) is 19.3 Å². The van der Waals surface area contributed by atoms with Crippen molar-refractivity contribution in [3.63, 3.8) is 0 Å². The van der Waals surface area contributed by atoms with E-state index in [1.807, 2.05) is 0 Å². The first kappa shape index (κ1) is 23.4. The Morgan fingerprint density at radius 3 is 2.41 bits per heavy atom. The topological polar surface area (TPSA) is 92.4 Å². The molecule has 160 valence electrons. The van der Waals surface area contributed by atoms with Crippen molar-refractivity contribution >= 4 is 34.4 Å². The summed E-state index contributed by atoms with van der Waals surface area (Å²) in [5.74, 6) is 0.740. The molecule has 1 saturated heterocycles. The van der Waals surface area contributed by atoms with Gasteiger partial charge in [-0.2, -0.15) is 0 Å². The molecule has 0 unspecified atom stereocenters. The second-order valence-corrected chi connectivity index (χ2v) is 8.33. The van der Waals surface area contributed by atoms with Crippen LogP contribution in [0.5, 0.6) is 0 Å². The lowest BCUT2D eigenvalue weighted by atomic mass is 9.85. The molecule has 2 fully saturated rings. The van der Waals surface area contributed by atoms with Gasteiger partial charge in [0.1, 0.15) is 16.6 Å². The standard InChI is InChI=1S/C12H14N2S.C8H16N2O.CH3NO/c1-2-4-9(5-3-1)10-8-15-12-11(10)13-6-7-14-12;1-9-4-6-10(7-5-9)3-2-8-11;2-1-3/h6-9H,1-5H2;8H,2-7H2,1H3;1H,(H2,2,3). The third-order valence-electron chi connectivity index (χ3n) is 5.44. The molecule has 0 radical (unpaired) electrons. The van der Waals surface area contributed by atoms with E-state index in [-0.39, 0.29) is 6.41 Å². The molecule has 0 atom stereocenters. The summed E-state index contributed by atoms with van der Waals surface area (Å²) in [6.07, 6.45) is 12.4. The predicted molar refractivity (Wildman–Crippen MR) is 118 cm³/mol. The molecule has 3 heterocycles. The molecule has 29 heavy (non-hydrogen) atoms. The van der Waals surface area contributed by atoms with Crippen molar-refractivity contribution in [2.45, 2.75) is 44.4 Å². The van der Waals surface area contributed by atoms with Crippen molar-refractivity contribution in [3.8, 4) is 0 Å². The molecule has 0 bridgehead atoms. The summed E-state index contributed by atoms with van der Waals surface area (Å²) in [7, 11) is 2.14. The summed E-state index contributed by atoms with van der Waals surface area (Å²) in [5, 5.41) is 2.26. The number of fused-ring (bicyclic) bond motifs is 1. The van der Waals surface area contributed by atoms with Crippen LogP contribution < -0.4 is 5.73 Å². The van der Waals surface area contributed by atoms with E-state index in [1.165, 1.54) is 37.7 Å². The maximum Gasteiger partial charge on any atom is 0.204 e. The van der Waals surface area contributed by atoms with Crippen LogP contribution in [0.2, 0.25) is 0 Å². The van der Waals surface area contributed by atoms with E-state index in [1.54, 1.807) is 23.7 Å². The Bertz CT molecular complexity index is 725. The molecule has 2 aromatic rings. The molecule has 2 N–H and O–H groups in total. The highest BCUT2D eigenvalue weighted by molar-refractivity contribution is 7.16. The summed E-state index contributed by atoms with van der Waals surface area (Å²) in [6, 6.07) is 0. The number of amides is 1. The Hall–Kier alpha value is -1.90. The molecule has 1 saturated carbocycles. The van der Waals surface area contributed by atoms with Gasteiger partial charge < -0.3 is 20.3 Å². The zero-order valence-electron chi connectivity index (χ0n) is 17.3. The summed E-state index contributed by atoms with van der Waals surface area (Å²) < 4.78 is 0. The first-order valence-corrected chi connectivity index (χ1v) is 11.3. The maximum atomic E-state index is 10.1. The Labute approximate surface area is 177 Å². The van der Waals surface area contributed by atoms with Crippen LogP contribution >= 0.6 is 11.3 Å². The van der Waals surface area contributed by atoms with Crippen molar-refractivity contribution in [2.24, 2.45) is 5.73 Å². The third kappa shape index (κ3) is 7.79. The minimum absolute atomic E-state index is 0.250. The van der Waals surface area contributed by atoms with Crippen LogP contribution in [-0.4, -0.2) is 72.2 Å². The zero-order chi connectivity index (χ0) is 20.9. The molecule has 4 rings (SSSR count). The number of thiophene rings is 1. The minimum atomic E-state index is 0.250. The maximum absolute atomic E-state index is 10.1. The number of carbonyl (C=O) groups is 2. The molecule has 1 amide bonds. The molecule has 1 aliphatic heterocycles. The van der Waals surface area contributed by atoms with Crippen LogP contribution in [0.15, 0.2) is 17.8 Å². The summed E-state index contributed by atoms with van der Waals surface area (Å²) in [6.45, 7) is 5.45. The van der Waals surface area contributed by atoms with E-state index < -0.39 is 0 Å². The summed E-state index contributed by atoms with van der Waals surface area (Å²) in [4.78, 5) is 33.2. The Kier molecular flexibility index (Phi) is 10.8. The van der Waals surface area contributed by atoms with Gasteiger partial charge in [0.15, 0.2) is 0 Å². The number of aromatic nitrogens is 2. The molecule has 2 aromatic heterocycles. The number of piperazine rings is 1. The van der Waals surface area contributed by atoms with Crippen molar-refractivity contribution in [1.82, 2.24) is 19.8 Å². The van der Waals surface area contributed by atoms with E-state index in [0.29, 0.717) is 6.42 Å². The first-order valence-electron chi connectivity index (χ1n) is 10.4. The molecule has 0 aromatic carbocycles. The Morgan fingerprint density at radius 2 is 1.76 bits per heavy atom. The van der Waals surface area contributed by atoms with Crippen LogP contribution in [0.1, 0.15) is 50.0 Å². The number of rotatable bonds is 4. The number of hydrogen-bond donors (Lipinski definition) is 1. The van der Waals surface area contributed by atoms with E-state index in [9.17, 15) is 4.79 Å². The van der Waals surface area contributed by atoms with Gasteiger partial charge >= 0.3 is 0 Å². The van der Waals surface area contributed by atoms with Gasteiger partial charge in [0.25, 0.3) is 0 Å². The number of nitrogens with two attached hydrogens (primary N) is 1. The second-order valence-electron chi connectivity index (χ2n) is 7.47. The second kappa shape index (κ2) is 13.3. The van der Waals surface area contributed by atoms with Gasteiger partial charge in [-0.05, 0) is 36.8 Å². The lowest BCUT2D eigenvalue weighted by Crippen LogP contribution is -2.44. The largest absolute Gasteiger partial charge is 0.372 e. The number of likely N-dealkylation sites (N-methyl/N-ethyl adjacent to an activating group) is 1. The van der Waals surface area contributed by atoms with E-state index in [2.05, 4.69) is 37.9 Å². The minimum Gasteiger partial charge on any atom is -0.372 e. The van der Waals surface area contributed by atoms with Crippen molar-refractivity contribution < 1.29 is 9.59 Å². The highest BCUT2D eigenvalue weighted by Crippen LogP contribution is 2.37. The Morgan fingerprint density at radius 1 is 1.10 bits per heavy atom. The van der Waals surface area contributed by atoms with Gasteiger partial charge in [-0.25, -0.2) is 4.98 Å². The van der Waals surface area contributed by atoms with Gasteiger partial charge in [-0.3, -0.25) is 9.78 Å². The van der Waals surface area contributed by atoms with Crippen molar-refractivity contribution in [2.75, 3.05) is 39.8 Å². The van der Waals surface area contributed by atoms with Gasteiger partial charge in [-0.15, -0.1) is 11.3 Å². The lowest BCUT2D eigenvalue weighted by molar-refractivity contribution is -0.108. The quantitative estimate of drug-likeness (QED) is 0.766. The number of carbonyl (C=O) groups excluding carboxylic acids is 2. The molecular formula is C21H33N5O2S. The van der Waals surface area contributed by atoms with E-state index in [0.717, 1.165) is 55.3 Å². The molecule has 2 aliphatic rings. The highest BCUT2D eigenvalue weighted by Gasteiger charge is 2.19. The predicted octanol–water partition coefficient (Wildman–Crippen LogP) is 2.66. The van der Waals surface area contributed by atoms with Crippen LogP contribution in [-0.2, 0) is 9.59 Å². The Balaban J connectivity index is 0.000000190. The van der Waals surface area contributed by atoms with E-state index >= 15 is 0 Å². The average Bonchev–Trinajstić information content (AvgIpc) is 3.19. The molecule has 8 heteroatoms. The van der Waals surface area contributed by atoms with Gasteiger partial charge in [0, 0.05) is 51.5 Å². The molecule has 0 spiro atoms. The fraction of sp³-hybridized carbons (Fsp3) is 0.619. The molecule has 1 aliphatic carbocycles. The SMILES string of the molecule is CN1CCN(CCC=O)CC1.NC=O.c1cnc2c(C3CCCCC3)csc2n1. The smallest absolute Gasteiger partial charge is 0.204 e. The van der Waals surface area contributed by atoms with E-state index in [4.69, 9.17) is 4.79 Å². The highest BCUT2D eigenvalue weighted by atomic mass is 32.1. The van der Waals surface area contributed by atoms with Crippen LogP contribution in [0.25, 0.3) is 10.3 Å². The van der Waals surface area contributed by atoms with Crippen LogP contribution in [0.4, 0.5) is 0 Å². The van der Waals surface area contributed by atoms with Crippen LogP contribution in [0, 0.1) is 0 Å². The number of primary amides is 1. The number of hydrogen-bond acceptors (Lipinski definition) is 7. The monoisotopic (exact) mass is 419 g/mol. The summed E-state index contributed by atoms with van der Waals surface area (Å²) in [5.41, 5.74) is 6.76. The first-order chi connectivity index (χ1) is 14.2. The average molecular weight is 420 g/mol.